The molecule has 100 valence electrons. The second kappa shape index (κ2) is 5.09. The summed E-state index contributed by atoms with van der Waals surface area (Å²) in [6.45, 7) is 3.64. The van der Waals surface area contributed by atoms with Gasteiger partial charge in [-0.05, 0) is 12.5 Å². The van der Waals surface area contributed by atoms with Crippen LogP contribution >= 0.6 is 0 Å². The Hall–Kier alpha value is -2.37. The number of benzene rings is 1. The molecule has 0 fully saturated rings. The van der Waals surface area contributed by atoms with E-state index in [1.165, 1.54) is 24.3 Å². The summed E-state index contributed by atoms with van der Waals surface area (Å²) in [6.07, 6.45) is 0.671. The highest BCUT2D eigenvalue weighted by molar-refractivity contribution is 5.82. The van der Waals surface area contributed by atoms with Gasteiger partial charge in [0.15, 0.2) is 0 Å². The van der Waals surface area contributed by atoms with E-state index < -0.39 is 4.92 Å². The average molecular weight is 263 g/mol. The predicted molar refractivity (Wildman–Crippen MR) is 68.0 cm³/mol. The summed E-state index contributed by atoms with van der Waals surface area (Å²) in [5, 5.41) is 11.2. The van der Waals surface area contributed by atoms with Gasteiger partial charge in [0.05, 0.1) is 10.8 Å². The zero-order chi connectivity index (χ0) is 14.0. The minimum Gasteiger partial charge on any atom is -0.425 e. The van der Waals surface area contributed by atoms with Crippen LogP contribution in [0.25, 0.3) is 11.0 Å². The fraction of sp³-hybridized carbons (Fsp3) is 0.308. The predicted octanol–water partition coefficient (Wildman–Crippen LogP) is 3.29. The van der Waals surface area contributed by atoms with E-state index in [4.69, 9.17) is 9.15 Å². The zero-order valence-corrected chi connectivity index (χ0v) is 10.6. The summed E-state index contributed by atoms with van der Waals surface area (Å²) in [7, 11) is 0. The maximum Gasteiger partial charge on any atom is 0.316 e. The molecule has 1 aromatic heterocycles. The van der Waals surface area contributed by atoms with Crippen LogP contribution in [0.4, 0.5) is 5.69 Å². The molecule has 0 aliphatic rings. The molecule has 2 rings (SSSR count). The van der Waals surface area contributed by atoms with Gasteiger partial charge in [0.1, 0.15) is 5.58 Å². The first-order chi connectivity index (χ1) is 9.01. The monoisotopic (exact) mass is 263 g/mol. The number of nitro benzene ring substituents is 1. The van der Waals surface area contributed by atoms with E-state index in [1.54, 1.807) is 6.92 Å². The number of rotatable bonds is 4. The average Bonchev–Trinajstić information content (AvgIpc) is 2.78. The Bertz CT molecular complexity index is 631. The summed E-state index contributed by atoms with van der Waals surface area (Å²) in [5.74, 6) is -0.542. The first-order valence-electron chi connectivity index (χ1n) is 5.91. The van der Waals surface area contributed by atoms with Crippen molar-refractivity contribution in [3.05, 3.63) is 34.4 Å². The van der Waals surface area contributed by atoms with Crippen LogP contribution in [-0.4, -0.2) is 10.9 Å². The molecule has 1 heterocycles. The molecule has 0 bridgehead atoms. The molecular weight excluding hydrogens is 250 g/mol. The van der Waals surface area contributed by atoms with Crippen molar-refractivity contribution in [3.63, 3.8) is 0 Å². The Morgan fingerprint density at radius 2 is 2.21 bits per heavy atom. The number of hydrogen-bond donors (Lipinski definition) is 0. The molecule has 1 atom stereocenters. The molecule has 19 heavy (non-hydrogen) atoms. The quantitative estimate of drug-likeness (QED) is 0.480. The lowest BCUT2D eigenvalue weighted by atomic mass is 10.1. The number of nitrogens with zero attached hydrogens (tertiary/aromatic N) is 1. The van der Waals surface area contributed by atoms with E-state index in [0.717, 1.165) is 0 Å². The fourth-order valence-corrected chi connectivity index (χ4v) is 1.54. The van der Waals surface area contributed by atoms with Gasteiger partial charge < -0.3 is 9.15 Å². The SMILES string of the molecule is CCC(C)C(=O)Oc1cc2cc([N+](=O)[O-])ccc2o1. The standard InChI is InChI=1S/C13H13NO5/c1-3-8(2)13(15)19-12-7-9-6-10(14(16)17)4-5-11(9)18-12/h4-8H,3H2,1-2H3. The molecule has 0 saturated carbocycles. The third-order valence-corrected chi connectivity index (χ3v) is 2.90. The number of fused-ring (bicyclic) bond motifs is 1. The highest BCUT2D eigenvalue weighted by Gasteiger charge is 2.16. The van der Waals surface area contributed by atoms with Crippen molar-refractivity contribution in [1.29, 1.82) is 0 Å². The second-order valence-electron chi connectivity index (χ2n) is 4.28. The van der Waals surface area contributed by atoms with Gasteiger partial charge in [-0.2, -0.15) is 0 Å². The molecule has 6 nitrogen and oxygen atoms in total. The Balaban J connectivity index is 2.26. The van der Waals surface area contributed by atoms with Crippen molar-refractivity contribution in [1.82, 2.24) is 0 Å². The van der Waals surface area contributed by atoms with Crippen molar-refractivity contribution in [3.8, 4) is 5.95 Å². The molecular formula is C13H13NO5. The lowest BCUT2D eigenvalue weighted by Crippen LogP contribution is -2.16. The molecule has 0 saturated heterocycles. The summed E-state index contributed by atoms with van der Waals surface area (Å²) >= 11 is 0. The maximum absolute atomic E-state index is 11.6. The molecule has 0 aliphatic carbocycles. The third-order valence-electron chi connectivity index (χ3n) is 2.90. The summed E-state index contributed by atoms with van der Waals surface area (Å²) in [5.41, 5.74) is 0.408. The first-order valence-corrected chi connectivity index (χ1v) is 5.91. The van der Waals surface area contributed by atoms with Crippen molar-refractivity contribution in [2.45, 2.75) is 20.3 Å². The topological polar surface area (TPSA) is 82.6 Å². The van der Waals surface area contributed by atoms with Gasteiger partial charge in [0.2, 0.25) is 0 Å². The van der Waals surface area contributed by atoms with Crippen LogP contribution in [0.1, 0.15) is 20.3 Å². The number of furan rings is 1. The van der Waals surface area contributed by atoms with Gasteiger partial charge in [-0.3, -0.25) is 14.9 Å². The molecule has 0 radical (unpaired) electrons. The summed E-state index contributed by atoms with van der Waals surface area (Å²) < 4.78 is 10.4. The molecule has 1 aromatic carbocycles. The van der Waals surface area contributed by atoms with Crippen molar-refractivity contribution in [2.75, 3.05) is 0 Å². The van der Waals surface area contributed by atoms with Gasteiger partial charge in [0.25, 0.3) is 11.6 Å². The number of carbonyl (C=O) groups excluding carboxylic acids is 1. The number of non-ortho nitro benzene ring substituents is 1. The Morgan fingerprint density at radius 1 is 1.47 bits per heavy atom. The lowest BCUT2D eigenvalue weighted by Gasteiger charge is -2.05. The van der Waals surface area contributed by atoms with Crippen molar-refractivity contribution < 1.29 is 18.9 Å². The van der Waals surface area contributed by atoms with Gasteiger partial charge in [-0.1, -0.05) is 13.8 Å². The van der Waals surface area contributed by atoms with Crippen LogP contribution in [0.2, 0.25) is 0 Å². The van der Waals surface area contributed by atoms with Crippen LogP contribution in [-0.2, 0) is 4.79 Å². The van der Waals surface area contributed by atoms with Crippen molar-refractivity contribution in [2.24, 2.45) is 5.92 Å². The highest BCUT2D eigenvalue weighted by Crippen LogP contribution is 2.28. The number of esters is 1. The Morgan fingerprint density at radius 3 is 2.84 bits per heavy atom. The minimum absolute atomic E-state index is 0.0342. The number of hydrogen-bond acceptors (Lipinski definition) is 5. The van der Waals surface area contributed by atoms with Crippen LogP contribution in [0.3, 0.4) is 0 Å². The van der Waals surface area contributed by atoms with Gasteiger partial charge in [0, 0.05) is 23.6 Å². The fourth-order valence-electron chi connectivity index (χ4n) is 1.54. The number of nitro groups is 1. The molecule has 2 aromatic rings. The van der Waals surface area contributed by atoms with E-state index in [0.29, 0.717) is 17.4 Å². The van der Waals surface area contributed by atoms with Gasteiger partial charge in [-0.15, -0.1) is 0 Å². The molecule has 0 N–H and O–H groups in total. The summed E-state index contributed by atoms with van der Waals surface area (Å²) in [4.78, 5) is 21.8. The van der Waals surface area contributed by atoms with E-state index in [-0.39, 0.29) is 23.5 Å². The number of ether oxygens (including phenoxy) is 1. The second-order valence-corrected chi connectivity index (χ2v) is 4.28. The van der Waals surface area contributed by atoms with E-state index >= 15 is 0 Å². The molecule has 0 spiro atoms. The van der Waals surface area contributed by atoms with Gasteiger partial charge in [-0.25, -0.2) is 0 Å². The van der Waals surface area contributed by atoms with Crippen LogP contribution in [0, 0.1) is 16.0 Å². The van der Waals surface area contributed by atoms with E-state index in [1.807, 2.05) is 6.92 Å². The zero-order valence-electron chi connectivity index (χ0n) is 10.6. The molecule has 0 aliphatic heterocycles. The number of carbonyl (C=O) groups is 1. The minimum atomic E-state index is -0.489. The first kappa shape index (κ1) is 13.1. The molecule has 6 heteroatoms. The van der Waals surface area contributed by atoms with Crippen LogP contribution < -0.4 is 4.74 Å². The lowest BCUT2D eigenvalue weighted by molar-refractivity contribution is -0.384. The third kappa shape index (κ3) is 2.73. The van der Waals surface area contributed by atoms with Gasteiger partial charge >= 0.3 is 5.97 Å². The Labute approximate surface area is 109 Å². The van der Waals surface area contributed by atoms with Crippen LogP contribution in [0.5, 0.6) is 5.95 Å². The van der Waals surface area contributed by atoms with Crippen LogP contribution in [0.15, 0.2) is 28.7 Å². The largest absolute Gasteiger partial charge is 0.425 e. The van der Waals surface area contributed by atoms with Crippen molar-refractivity contribution >= 4 is 22.6 Å². The highest BCUT2D eigenvalue weighted by atomic mass is 16.6. The summed E-state index contributed by atoms with van der Waals surface area (Å²) in [6, 6.07) is 5.67. The molecule has 0 amide bonds. The maximum atomic E-state index is 11.6. The smallest absolute Gasteiger partial charge is 0.316 e. The Kier molecular flexibility index (Phi) is 3.50. The van der Waals surface area contributed by atoms with E-state index in [9.17, 15) is 14.9 Å². The van der Waals surface area contributed by atoms with E-state index in [2.05, 4.69) is 0 Å². The normalized spacial score (nSPS) is 12.3. The molecule has 1 unspecified atom stereocenters.